The summed E-state index contributed by atoms with van der Waals surface area (Å²) in [5.74, 6) is 0.408. The molecule has 138 valence electrons. The first-order chi connectivity index (χ1) is 11.9. The Hall–Kier alpha value is -1.89. The van der Waals surface area contributed by atoms with Gasteiger partial charge in [-0.05, 0) is 43.1 Å². The van der Waals surface area contributed by atoms with Crippen molar-refractivity contribution in [2.45, 2.75) is 32.6 Å². The molecule has 7 nitrogen and oxygen atoms in total. The molecular formula is C17H27ClN6O. The van der Waals surface area contributed by atoms with E-state index in [1.54, 1.807) is 7.05 Å². The second kappa shape index (κ2) is 7.99. The van der Waals surface area contributed by atoms with Crippen molar-refractivity contribution in [1.82, 2.24) is 9.91 Å². The summed E-state index contributed by atoms with van der Waals surface area (Å²) in [6, 6.07) is 0. The fourth-order valence-corrected chi connectivity index (χ4v) is 4.28. The molecule has 1 aliphatic heterocycles. The van der Waals surface area contributed by atoms with Gasteiger partial charge in [0.2, 0.25) is 6.41 Å². The third-order valence-corrected chi connectivity index (χ3v) is 5.97. The van der Waals surface area contributed by atoms with Gasteiger partial charge in [0.15, 0.2) is 0 Å². The second-order valence-corrected chi connectivity index (χ2v) is 7.63. The summed E-state index contributed by atoms with van der Waals surface area (Å²) in [5.41, 5.74) is 14.0. The summed E-state index contributed by atoms with van der Waals surface area (Å²) >= 11 is 6.15. The summed E-state index contributed by atoms with van der Waals surface area (Å²) in [6.45, 7) is 3.55. The number of hydrogen-bond donors (Lipinski definition) is 3. The highest BCUT2D eigenvalue weighted by Crippen LogP contribution is 2.54. The van der Waals surface area contributed by atoms with Gasteiger partial charge in [-0.3, -0.25) is 10.2 Å². The van der Waals surface area contributed by atoms with E-state index in [9.17, 15) is 4.79 Å². The molecule has 25 heavy (non-hydrogen) atoms. The minimum absolute atomic E-state index is 0.0731. The van der Waals surface area contributed by atoms with Crippen LogP contribution in [-0.2, 0) is 4.79 Å². The van der Waals surface area contributed by atoms with Crippen LogP contribution in [0.3, 0.4) is 0 Å². The first-order valence-electron chi connectivity index (χ1n) is 8.52. The van der Waals surface area contributed by atoms with E-state index in [0.717, 1.165) is 45.2 Å². The summed E-state index contributed by atoms with van der Waals surface area (Å²) in [5, 5.41) is 13.4. The maximum absolute atomic E-state index is 11.0. The van der Waals surface area contributed by atoms with Gasteiger partial charge in [0, 0.05) is 32.3 Å². The molecule has 2 rings (SSSR count). The minimum Gasteiger partial charge on any atom is -0.403 e. The van der Waals surface area contributed by atoms with E-state index in [2.05, 4.69) is 5.22 Å². The van der Waals surface area contributed by atoms with Crippen LogP contribution >= 0.6 is 11.6 Å². The number of hydrogen-bond acceptors (Lipinski definition) is 5. The van der Waals surface area contributed by atoms with Crippen molar-refractivity contribution in [2.75, 3.05) is 20.1 Å². The fourth-order valence-electron chi connectivity index (χ4n) is 4.14. The molecule has 0 bridgehead atoms. The smallest absolute Gasteiger partial charge is 0.209 e. The van der Waals surface area contributed by atoms with Crippen LogP contribution in [-0.4, -0.2) is 42.3 Å². The van der Waals surface area contributed by atoms with Crippen LogP contribution in [0.2, 0.25) is 0 Å². The van der Waals surface area contributed by atoms with Crippen molar-refractivity contribution in [1.29, 1.82) is 10.9 Å². The lowest BCUT2D eigenvalue weighted by atomic mass is 9.75. The molecule has 1 aliphatic carbocycles. The van der Waals surface area contributed by atoms with Crippen molar-refractivity contribution < 1.29 is 4.79 Å². The Morgan fingerprint density at radius 3 is 2.68 bits per heavy atom. The number of halogens is 1. The molecule has 2 aliphatic rings. The number of amidine groups is 1. The normalized spacial score (nSPS) is 25.9. The average Bonchev–Trinajstić information content (AvgIpc) is 2.97. The molecule has 1 amide bonds. The average molecular weight is 367 g/mol. The number of amides is 1. The number of nitrogens with one attached hydrogen (secondary N) is 2. The van der Waals surface area contributed by atoms with Crippen molar-refractivity contribution in [3.63, 3.8) is 0 Å². The molecule has 2 atom stereocenters. The van der Waals surface area contributed by atoms with Crippen molar-refractivity contribution in [3.05, 3.63) is 22.9 Å². The largest absolute Gasteiger partial charge is 0.403 e. The zero-order chi connectivity index (χ0) is 18.6. The number of carbonyl (C=O) groups is 1. The van der Waals surface area contributed by atoms with Crippen LogP contribution in [0.15, 0.2) is 28.1 Å². The third kappa shape index (κ3) is 4.21. The first kappa shape index (κ1) is 19.4. The van der Waals surface area contributed by atoms with E-state index in [1.807, 2.05) is 17.9 Å². The van der Waals surface area contributed by atoms with Crippen LogP contribution < -0.4 is 5.73 Å². The molecule has 0 radical (unpaired) electrons. The van der Waals surface area contributed by atoms with Gasteiger partial charge in [-0.25, -0.2) is 5.01 Å². The van der Waals surface area contributed by atoms with E-state index < -0.39 is 0 Å². The molecule has 1 saturated carbocycles. The summed E-state index contributed by atoms with van der Waals surface area (Å²) in [7, 11) is 1.62. The molecule has 2 unspecified atom stereocenters. The number of carbonyl (C=O) groups excluding carboxylic acids is 1. The Morgan fingerprint density at radius 1 is 1.52 bits per heavy atom. The topological polar surface area (TPSA) is 110 Å². The number of rotatable bonds is 5. The van der Waals surface area contributed by atoms with E-state index in [-0.39, 0.29) is 17.3 Å². The van der Waals surface area contributed by atoms with Crippen molar-refractivity contribution in [3.8, 4) is 0 Å². The second-order valence-electron chi connectivity index (χ2n) is 7.20. The van der Waals surface area contributed by atoms with Crippen LogP contribution in [0.25, 0.3) is 0 Å². The highest BCUT2D eigenvalue weighted by atomic mass is 35.5. The predicted molar refractivity (Wildman–Crippen MR) is 98.0 cm³/mol. The molecule has 4 N–H and O–H groups in total. The maximum atomic E-state index is 11.0. The molecule has 1 spiro atoms. The van der Waals surface area contributed by atoms with Gasteiger partial charge in [-0.2, -0.15) is 5.53 Å². The molecule has 2 fully saturated rings. The van der Waals surface area contributed by atoms with Crippen LogP contribution in [0.1, 0.15) is 32.6 Å². The SMILES string of the molecule is CC(C(=N)N(C)N=N)C1CC2(CCN(C=O)CC2)C/C1=C\C(Cl)=C/N. The standard InChI is InChI=1S/C17H27ClN6O/c1-12(16(20)23(2)22-21)15-9-17(3-5-24(11-25)6-4-17)8-13(15)7-14(18)10-19/h7,10-12,15,20-21H,3-6,8-9,19H2,1-2H3/b13-7+,14-10+,20-16?,22-21?. The minimum atomic E-state index is -0.0731. The first-order valence-corrected chi connectivity index (χ1v) is 8.90. The quantitative estimate of drug-likeness (QED) is 0.228. The van der Waals surface area contributed by atoms with Gasteiger partial charge in [-0.15, -0.1) is 0 Å². The lowest BCUT2D eigenvalue weighted by Crippen LogP contribution is -2.38. The Labute approximate surface area is 153 Å². The number of nitrogens with two attached hydrogens (primary N) is 1. The molecule has 1 heterocycles. The molecule has 0 aromatic heterocycles. The zero-order valence-corrected chi connectivity index (χ0v) is 15.6. The van der Waals surface area contributed by atoms with Gasteiger partial charge in [0.1, 0.15) is 5.84 Å². The van der Waals surface area contributed by atoms with E-state index in [0.29, 0.717) is 10.9 Å². The van der Waals surface area contributed by atoms with Gasteiger partial charge in [-0.1, -0.05) is 29.3 Å². The van der Waals surface area contributed by atoms with Gasteiger partial charge < -0.3 is 10.6 Å². The Balaban J connectivity index is 2.26. The van der Waals surface area contributed by atoms with Crippen LogP contribution in [0.4, 0.5) is 0 Å². The molecule has 0 aromatic carbocycles. The third-order valence-electron chi connectivity index (χ3n) is 5.73. The highest BCUT2D eigenvalue weighted by molar-refractivity contribution is 6.31. The maximum Gasteiger partial charge on any atom is 0.209 e. The number of nitrogens with zero attached hydrogens (tertiary/aromatic N) is 3. The number of likely N-dealkylation sites (tertiary alicyclic amines) is 1. The zero-order valence-electron chi connectivity index (χ0n) is 14.8. The van der Waals surface area contributed by atoms with Gasteiger partial charge in [0.25, 0.3) is 0 Å². The molecule has 0 aromatic rings. The Bertz CT molecular complexity index is 594. The lowest BCUT2D eigenvalue weighted by molar-refractivity contribution is -0.120. The lowest BCUT2D eigenvalue weighted by Gasteiger charge is -2.38. The highest BCUT2D eigenvalue weighted by Gasteiger charge is 2.46. The number of allylic oxidation sites excluding steroid dienone is 3. The van der Waals surface area contributed by atoms with Gasteiger partial charge >= 0.3 is 0 Å². The summed E-state index contributed by atoms with van der Waals surface area (Å²) in [4.78, 5) is 12.8. The van der Waals surface area contributed by atoms with Gasteiger partial charge in [0.05, 0.1) is 5.03 Å². The number of piperidine rings is 1. The summed E-state index contributed by atoms with van der Waals surface area (Å²) < 4.78 is 0. The van der Waals surface area contributed by atoms with Crippen molar-refractivity contribution >= 4 is 23.8 Å². The van der Waals surface area contributed by atoms with Crippen molar-refractivity contribution in [2.24, 2.45) is 28.2 Å². The van der Waals surface area contributed by atoms with Crippen LogP contribution in [0, 0.1) is 28.2 Å². The fraction of sp³-hybridized carbons (Fsp3) is 0.647. The predicted octanol–water partition coefficient (Wildman–Crippen LogP) is 3.09. The van der Waals surface area contributed by atoms with E-state index in [4.69, 9.17) is 28.3 Å². The Morgan fingerprint density at radius 2 is 2.16 bits per heavy atom. The molecular weight excluding hydrogens is 340 g/mol. The molecule has 8 heteroatoms. The Kier molecular flexibility index (Phi) is 6.21. The van der Waals surface area contributed by atoms with Crippen LogP contribution in [0.5, 0.6) is 0 Å². The van der Waals surface area contributed by atoms with E-state index >= 15 is 0 Å². The molecule has 1 saturated heterocycles. The van der Waals surface area contributed by atoms with E-state index in [1.165, 1.54) is 16.8 Å². The monoisotopic (exact) mass is 366 g/mol. The summed E-state index contributed by atoms with van der Waals surface area (Å²) in [6.07, 6.45) is 8.02.